The van der Waals surface area contributed by atoms with Crippen molar-refractivity contribution >= 4 is 11.9 Å². The number of nitrogens with zero attached hydrogens (tertiary/aromatic N) is 1. The van der Waals surface area contributed by atoms with Crippen molar-refractivity contribution in [1.29, 1.82) is 0 Å². The SMILES string of the molecule is O=C(O)CNC(=O)CCCC[n+]1ccccc1.[Br-]. The van der Waals surface area contributed by atoms with Gasteiger partial charge in [-0.2, -0.15) is 0 Å². The van der Waals surface area contributed by atoms with Crippen molar-refractivity contribution in [3.63, 3.8) is 0 Å². The molecule has 0 aliphatic heterocycles. The first-order chi connectivity index (χ1) is 8.18. The van der Waals surface area contributed by atoms with Gasteiger partial charge in [0.25, 0.3) is 0 Å². The second kappa shape index (κ2) is 9.58. The van der Waals surface area contributed by atoms with E-state index in [1.165, 1.54) is 0 Å². The molecule has 0 fully saturated rings. The molecule has 5 nitrogen and oxygen atoms in total. The third kappa shape index (κ3) is 7.78. The summed E-state index contributed by atoms with van der Waals surface area (Å²) in [6, 6.07) is 5.87. The first-order valence-corrected chi connectivity index (χ1v) is 5.61. The maximum atomic E-state index is 11.2. The minimum absolute atomic E-state index is 0. The fourth-order valence-electron chi connectivity index (χ4n) is 1.43. The fourth-order valence-corrected chi connectivity index (χ4v) is 1.43. The molecule has 0 aliphatic rings. The number of unbranched alkanes of at least 4 members (excludes halogenated alkanes) is 1. The van der Waals surface area contributed by atoms with Crippen molar-refractivity contribution in [2.45, 2.75) is 25.8 Å². The van der Waals surface area contributed by atoms with E-state index in [9.17, 15) is 9.59 Å². The summed E-state index contributed by atoms with van der Waals surface area (Å²) in [5.74, 6) is -1.22. The van der Waals surface area contributed by atoms with Crippen LogP contribution in [0.3, 0.4) is 0 Å². The lowest BCUT2D eigenvalue weighted by Crippen LogP contribution is -3.00. The summed E-state index contributed by atoms with van der Waals surface area (Å²) in [7, 11) is 0. The summed E-state index contributed by atoms with van der Waals surface area (Å²) >= 11 is 0. The highest BCUT2D eigenvalue weighted by Gasteiger charge is 2.04. The molecule has 0 atom stereocenters. The van der Waals surface area contributed by atoms with Crippen LogP contribution in [-0.4, -0.2) is 23.5 Å². The molecule has 0 saturated carbocycles. The fraction of sp³-hybridized carbons (Fsp3) is 0.417. The molecule has 0 saturated heterocycles. The quantitative estimate of drug-likeness (QED) is 0.426. The Bertz CT molecular complexity index is 371. The second-order valence-corrected chi connectivity index (χ2v) is 3.74. The lowest BCUT2D eigenvalue weighted by Gasteiger charge is -2.01. The van der Waals surface area contributed by atoms with Gasteiger partial charge >= 0.3 is 5.97 Å². The molecule has 18 heavy (non-hydrogen) atoms. The molecule has 6 heteroatoms. The second-order valence-electron chi connectivity index (χ2n) is 3.74. The average Bonchev–Trinajstić information content (AvgIpc) is 2.33. The zero-order valence-electron chi connectivity index (χ0n) is 10.0. The van der Waals surface area contributed by atoms with E-state index in [0.717, 1.165) is 19.4 Å². The van der Waals surface area contributed by atoms with E-state index >= 15 is 0 Å². The number of hydrogen-bond acceptors (Lipinski definition) is 2. The van der Waals surface area contributed by atoms with Crippen LogP contribution in [0.15, 0.2) is 30.6 Å². The minimum atomic E-state index is -1.02. The number of carbonyl (C=O) groups is 2. The zero-order chi connectivity index (χ0) is 12.5. The lowest BCUT2D eigenvalue weighted by molar-refractivity contribution is -0.697. The number of carbonyl (C=O) groups excluding carboxylic acids is 1. The largest absolute Gasteiger partial charge is 1.00 e. The number of amides is 1. The lowest BCUT2D eigenvalue weighted by atomic mass is 10.2. The van der Waals surface area contributed by atoms with E-state index in [1.54, 1.807) is 0 Å². The van der Waals surface area contributed by atoms with Crippen LogP contribution in [0.25, 0.3) is 0 Å². The summed E-state index contributed by atoms with van der Waals surface area (Å²) in [4.78, 5) is 21.4. The Morgan fingerprint density at radius 1 is 1.11 bits per heavy atom. The molecule has 1 aromatic heterocycles. The smallest absolute Gasteiger partial charge is 0.322 e. The maximum absolute atomic E-state index is 11.2. The minimum Gasteiger partial charge on any atom is -1.00 e. The molecule has 1 amide bonds. The van der Waals surface area contributed by atoms with Gasteiger partial charge in [0.05, 0.1) is 0 Å². The van der Waals surface area contributed by atoms with Gasteiger partial charge in [-0.1, -0.05) is 6.07 Å². The van der Waals surface area contributed by atoms with E-state index in [-0.39, 0.29) is 29.4 Å². The Balaban J connectivity index is 0.00000289. The van der Waals surface area contributed by atoms with E-state index in [4.69, 9.17) is 5.11 Å². The van der Waals surface area contributed by atoms with Crippen molar-refractivity contribution in [2.24, 2.45) is 0 Å². The van der Waals surface area contributed by atoms with Crippen LogP contribution in [0.4, 0.5) is 0 Å². The van der Waals surface area contributed by atoms with Gasteiger partial charge in [-0.3, -0.25) is 9.59 Å². The van der Waals surface area contributed by atoms with Crippen LogP contribution < -0.4 is 26.9 Å². The Morgan fingerprint density at radius 3 is 2.39 bits per heavy atom. The third-order valence-electron chi connectivity index (χ3n) is 2.28. The number of nitrogens with one attached hydrogen (secondary N) is 1. The Labute approximate surface area is 117 Å². The summed E-state index contributed by atoms with van der Waals surface area (Å²) < 4.78 is 2.05. The topological polar surface area (TPSA) is 70.3 Å². The monoisotopic (exact) mass is 316 g/mol. The first kappa shape index (κ1) is 16.6. The van der Waals surface area contributed by atoms with E-state index in [1.807, 2.05) is 30.6 Å². The third-order valence-corrected chi connectivity index (χ3v) is 2.28. The highest BCUT2D eigenvalue weighted by atomic mass is 79.9. The van der Waals surface area contributed by atoms with Gasteiger partial charge in [0.1, 0.15) is 13.1 Å². The van der Waals surface area contributed by atoms with Gasteiger partial charge in [-0.25, -0.2) is 4.57 Å². The standard InChI is InChI=1S/C12H16N2O3.BrH/c15-11(13-10-12(16)17)6-2-5-9-14-7-3-1-4-8-14;/h1,3-4,7-8H,2,5-6,9-10H2,(H-,13,15,16,17);1H. The van der Waals surface area contributed by atoms with Crippen molar-refractivity contribution in [2.75, 3.05) is 6.54 Å². The molecule has 1 aromatic rings. The molecule has 0 unspecified atom stereocenters. The van der Waals surface area contributed by atoms with Gasteiger partial charge in [0, 0.05) is 25.0 Å². The number of hydrogen-bond donors (Lipinski definition) is 2. The summed E-state index contributed by atoms with van der Waals surface area (Å²) in [5.41, 5.74) is 0. The molecular weight excluding hydrogens is 300 g/mol. The predicted octanol–water partition coefficient (Wildman–Crippen LogP) is -2.65. The van der Waals surface area contributed by atoms with Gasteiger partial charge in [0.15, 0.2) is 12.4 Å². The van der Waals surface area contributed by atoms with Crippen LogP contribution in [-0.2, 0) is 16.1 Å². The van der Waals surface area contributed by atoms with Gasteiger partial charge in [-0.05, 0) is 6.42 Å². The van der Waals surface area contributed by atoms with Crippen LogP contribution >= 0.6 is 0 Å². The predicted molar refractivity (Wildman–Crippen MR) is 61.1 cm³/mol. The number of aromatic nitrogens is 1. The number of pyridine rings is 1. The highest BCUT2D eigenvalue weighted by Crippen LogP contribution is 1.95. The van der Waals surface area contributed by atoms with E-state index < -0.39 is 5.97 Å². The number of rotatable bonds is 7. The molecule has 0 aromatic carbocycles. The van der Waals surface area contributed by atoms with E-state index in [0.29, 0.717) is 6.42 Å². The van der Waals surface area contributed by atoms with E-state index in [2.05, 4.69) is 9.88 Å². The van der Waals surface area contributed by atoms with Gasteiger partial charge in [0.2, 0.25) is 5.91 Å². The van der Waals surface area contributed by atoms with Gasteiger partial charge < -0.3 is 27.4 Å². The van der Waals surface area contributed by atoms with Crippen molar-refractivity contribution in [1.82, 2.24) is 5.32 Å². The molecule has 0 bridgehead atoms. The first-order valence-electron chi connectivity index (χ1n) is 5.61. The number of carboxylic acid groups (broad SMARTS) is 1. The molecule has 2 N–H and O–H groups in total. The van der Waals surface area contributed by atoms with Crippen LogP contribution in [0.5, 0.6) is 0 Å². The molecular formula is C12H17BrN2O3. The molecule has 0 aliphatic carbocycles. The normalized spacial score (nSPS) is 9.33. The summed E-state index contributed by atoms with van der Waals surface area (Å²) in [6.07, 6.45) is 5.98. The van der Waals surface area contributed by atoms with Gasteiger partial charge in [-0.15, -0.1) is 0 Å². The molecule has 1 rings (SSSR count). The molecule has 100 valence electrons. The highest BCUT2D eigenvalue weighted by molar-refractivity contribution is 5.80. The van der Waals surface area contributed by atoms with Crippen molar-refractivity contribution in [3.8, 4) is 0 Å². The number of aryl methyl sites for hydroxylation is 1. The van der Waals surface area contributed by atoms with Crippen LogP contribution in [0.2, 0.25) is 0 Å². The zero-order valence-corrected chi connectivity index (χ0v) is 11.6. The Hall–Kier alpha value is -1.43. The van der Waals surface area contributed by atoms with Crippen molar-refractivity contribution in [3.05, 3.63) is 30.6 Å². The summed E-state index contributed by atoms with van der Waals surface area (Å²) in [6.45, 7) is 0.569. The Morgan fingerprint density at radius 2 is 1.78 bits per heavy atom. The molecule has 0 radical (unpaired) electrons. The number of halogens is 1. The number of carboxylic acids is 1. The van der Waals surface area contributed by atoms with Crippen LogP contribution in [0, 0.1) is 0 Å². The average molecular weight is 317 g/mol. The summed E-state index contributed by atoms with van der Waals surface area (Å²) in [5, 5.41) is 10.7. The Kier molecular flexibility index (Phi) is 8.82. The number of aliphatic carboxylic acids is 1. The maximum Gasteiger partial charge on any atom is 0.322 e. The van der Waals surface area contributed by atoms with Crippen LogP contribution in [0.1, 0.15) is 19.3 Å². The molecule has 1 heterocycles. The van der Waals surface area contributed by atoms with Crippen molar-refractivity contribution < 1.29 is 36.2 Å². The molecule has 0 spiro atoms.